The van der Waals surface area contributed by atoms with Gasteiger partial charge in [0.15, 0.2) is 5.58 Å². The average molecular weight is 343 g/mol. The van der Waals surface area contributed by atoms with Crippen LogP contribution >= 0.6 is 0 Å². The van der Waals surface area contributed by atoms with Gasteiger partial charge in [0.2, 0.25) is 0 Å². The number of hydrogen-bond donors (Lipinski definition) is 1. The van der Waals surface area contributed by atoms with Gasteiger partial charge >= 0.3 is 0 Å². The molecule has 0 aliphatic heterocycles. The summed E-state index contributed by atoms with van der Waals surface area (Å²) in [6.45, 7) is 0.942. The van der Waals surface area contributed by atoms with Crippen LogP contribution in [0.25, 0.3) is 22.2 Å². The topological polar surface area (TPSA) is 41.3 Å². The maximum Gasteiger partial charge on any atom is 0.300 e. The van der Waals surface area contributed by atoms with Crippen molar-refractivity contribution in [1.29, 1.82) is 0 Å². The van der Waals surface area contributed by atoms with E-state index >= 15 is 0 Å². The van der Waals surface area contributed by atoms with Gasteiger partial charge < -0.3 is 14.6 Å². The Balaban J connectivity index is 1.59. The van der Waals surface area contributed by atoms with E-state index in [0.29, 0.717) is 6.01 Å². The number of nitrogens with zero attached hydrogens (tertiary/aromatic N) is 2. The minimum absolute atomic E-state index is 0.504. The zero-order valence-corrected chi connectivity index (χ0v) is 14.9. The highest BCUT2D eigenvalue weighted by molar-refractivity contribution is 5.82. The molecule has 0 bridgehead atoms. The molecule has 0 spiro atoms. The van der Waals surface area contributed by atoms with Crippen molar-refractivity contribution < 1.29 is 4.42 Å². The summed E-state index contributed by atoms with van der Waals surface area (Å²) in [7, 11) is 4.15. The first-order chi connectivity index (χ1) is 12.7. The van der Waals surface area contributed by atoms with Gasteiger partial charge in [-0.15, -0.1) is 0 Å². The van der Waals surface area contributed by atoms with E-state index in [2.05, 4.69) is 65.7 Å². The van der Waals surface area contributed by atoms with Gasteiger partial charge in [0.25, 0.3) is 6.01 Å². The van der Waals surface area contributed by atoms with Crippen molar-refractivity contribution in [3.8, 4) is 11.1 Å². The zero-order chi connectivity index (χ0) is 17.9. The van der Waals surface area contributed by atoms with Crippen molar-refractivity contribution in [2.45, 2.75) is 6.54 Å². The van der Waals surface area contributed by atoms with E-state index in [1.54, 1.807) is 0 Å². The van der Waals surface area contributed by atoms with Crippen LogP contribution in [-0.4, -0.2) is 24.0 Å². The first-order valence-electron chi connectivity index (χ1n) is 8.64. The van der Waals surface area contributed by atoms with Gasteiger partial charge in [0, 0.05) is 12.2 Å². The van der Waals surface area contributed by atoms with E-state index in [0.717, 1.165) is 28.9 Å². The second-order valence-electron chi connectivity index (χ2n) is 6.63. The molecule has 4 rings (SSSR count). The van der Waals surface area contributed by atoms with Crippen molar-refractivity contribution >= 4 is 22.8 Å². The Hall–Kier alpha value is -3.11. The molecule has 0 radical (unpaired) electrons. The highest BCUT2D eigenvalue weighted by Gasteiger charge is 2.08. The van der Waals surface area contributed by atoms with Gasteiger partial charge in [-0.1, -0.05) is 48.5 Å². The minimum atomic E-state index is 0.504. The quantitative estimate of drug-likeness (QED) is 0.534. The molecule has 4 heteroatoms. The molecular weight excluding hydrogens is 322 g/mol. The second-order valence-corrected chi connectivity index (χ2v) is 6.63. The Morgan fingerprint density at radius 2 is 1.62 bits per heavy atom. The van der Waals surface area contributed by atoms with Gasteiger partial charge in [-0.25, -0.2) is 0 Å². The maximum atomic E-state index is 5.80. The Morgan fingerprint density at radius 1 is 0.885 bits per heavy atom. The summed E-state index contributed by atoms with van der Waals surface area (Å²) in [5.41, 5.74) is 6.18. The van der Waals surface area contributed by atoms with Crippen molar-refractivity contribution in [3.05, 3.63) is 78.4 Å². The van der Waals surface area contributed by atoms with Crippen molar-refractivity contribution in [1.82, 2.24) is 9.88 Å². The maximum absolute atomic E-state index is 5.80. The first kappa shape index (κ1) is 16.4. The lowest BCUT2D eigenvalue weighted by molar-refractivity contribution is 0.402. The van der Waals surface area contributed by atoms with Crippen molar-refractivity contribution in [2.75, 3.05) is 19.4 Å². The van der Waals surface area contributed by atoms with E-state index in [4.69, 9.17) is 4.42 Å². The van der Waals surface area contributed by atoms with Gasteiger partial charge in [-0.3, -0.25) is 0 Å². The van der Waals surface area contributed by atoms with Crippen LogP contribution in [0.15, 0.2) is 77.2 Å². The number of hydrogen-bond acceptors (Lipinski definition) is 4. The summed E-state index contributed by atoms with van der Waals surface area (Å²) in [5, 5.41) is 3.20. The molecule has 0 saturated carbocycles. The molecule has 1 heterocycles. The van der Waals surface area contributed by atoms with Gasteiger partial charge in [-0.05, 0) is 55.1 Å². The minimum Gasteiger partial charge on any atom is -0.423 e. The predicted octanol–water partition coefficient (Wildman–Crippen LogP) is 5.30. The van der Waals surface area contributed by atoms with Crippen LogP contribution in [0.3, 0.4) is 0 Å². The number of anilines is 2. The summed E-state index contributed by atoms with van der Waals surface area (Å²) in [4.78, 5) is 6.73. The number of benzene rings is 3. The average Bonchev–Trinajstić information content (AvgIpc) is 3.04. The molecule has 1 aromatic heterocycles. The van der Waals surface area contributed by atoms with Crippen molar-refractivity contribution in [2.24, 2.45) is 0 Å². The fraction of sp³-hybridized carbons (Fsp3) is 0.136. The van der Waals surface area contributed by atoms with E-state index in [9.17, 15) is 0 Å². The Labute approximate surface area is 153 Å². The highest BCUT2D eigenvalue weighted by atomic mass is 16.4. The molecule has 0 saturated heterocycles. The predicted molar refractivity (Wildman–Crippen MR) is 107 cm³/mol. The van der Waals surface area contributed by atoms with Crippen LogP contribution in [0.2, 0.25) is 0 Å². The number of rotatable bonds is 5. The van der Waals surface area contributed by atoms with Crippen LogP contribution < -0.4 is 5.32 Å². The van der Waals surface area contributed by atoms with Crippen LogP contribution in [-0.2, 0) is 6.54 Å². The zero-order valence-electron chi connectivity index (χ0n) is 14.9. The SMILES string of the molecule is CN(C)Cc1ccc(-c2ccc3oc(Nc4ccccc4)nc3c2)cc1. The Bertz CT molecular complexity index is 1000. The first-order valence-corrected chi connectivity index (χ1v) is 8.64. The Morgan fingerprint density at radius 3 is 2.35 bits per heavy atom. The third-order valence-electron chi connectivity index (χ3n) is 4.20. The number of para-hydroxylation sites is 1. The fourth-order valence-corrected chi connectivity index (χ4v) is 2.97. The van der Waals surface area contributed by atoms with Gasteiger partial charge in [0.1, 0.15) is 5.52 Å². The second kappa shape index (κ2) is 7.02. The lowest BCUT2D eigenvalue weighted by Crippen LogP contribution is -2.10. The molecule has 0 aliphatic rings. The summed E-state index contributed by atoms with van der Waals surface area (Å²) in [6.07, 6.45) is 0. The monoisotopic (exact) mass is 343 g/mol. The number of nitrogens with one attached hydrogen (secondary N) is 1. The molecule has 26 heavy (non-hydrogen) atoms. The normalized spacial score (nSPS) is 11.2. The molecule has 3 aromatic carbocycles. The van der Waals surface area contributed by atoms with Gasteiger partial charge in [0.05, 0.1) is 0 Å². The van der Waals surface area contributed by atoms with Crippen molar-refractivity contribution in [3.63, 3.8) is 0 Å². The lowest BCUT2D eigenvalue weighted by atomic mass is 10.0. The molecule has 0 aliphatic carbocycles. The third-order valence-corrected chi connectivity index (χ3v) is 4.20. The van der Waals surface area contributed by atoms with Crippen LogP contribution in [0.5, 0.6) is 0 Å². The highest BCUT2D eigenvalue weighted by Crippen LogP contribution is 2.27. The molecule has 0 fully saturated rings. The fourth-order valence-electron chi connectivity index (χ4n) is 2.97. The molecule has 0 unspecified atom stereocenters. The van der Waals surface area contributed by atoms with Crippen LogP contribution in [0, 0.1) is 0 Å². The molecule has 1 N–H and O–H groups in total. The van der Waals surface area contributed by atoms with E-state index in [1.807, 2.05) is 36.4 Å². The lowest BCUT2D eigenvalue weighted by Gasteiger charge is -2.10. The summed E-state index contributed by atoms with van der Waals surface area (Å²) in [6, 6.07) is 25.2. The van der Waals surface area contributed by atoms with E-state index in [-0.39, 0.29) is 0 Å². The van der Waals surface area contributed by atoms with E-state index < -0.39 is 0 Å². The Kier molecular flexibility index (Phi) is 4.42. The molecule has 0 amide bonds. The molecule has 0 atom stereocenters. The number of oxazole rings is 1. The standard InChI is InChI=1S/C22H21N3O/c1-25(2)15-16-8-10-17(11-9-16)18-12-13-21-20(14-18)24-22(26-21)23-19-6-4-3-5-7-19/h3-14H,15H2,1-2H3,(H,23,24). The largest absolute Gasteiger partial charge is 0.423 e. The van der Waals surface area contributed by atoms with Crippen LogP contribution in [0.4, 0.5) is 11.7 Å². The summed E-state index contributed by atoms with van der Waals surface area (Å²) in [5.74, 6) is 0. The van der Waals surface area contributed by atoms with E-state index in [1.165, 1.54) is 11.1 Å². The summed E-state index contributed by atoms with van der Waals surface area (Å²) < 4.78 is 5.80. The molecule has 130 valence electrons. The van der Waals surface area contributed by atoms with Gasteiger partial charge in [-0.2, -0.15) is 4.98 Å². The molecule has 4 nitrogen and oxygen atoms in total. The number of fused-ring (bicyclic) bond motifs is 1. The third kappa shape index (κ3) is 3.60. The molecule has 4 aromatic rings. The smallest absolute Gasteiger partial charge is 0.300 e. The molecular formula is C22H21N3O. The van der Waals surface area contributed by atoms with Crippen LogP contribution in [0.1, 0.15) is 5.56 Å². The summed E-state index contributed by atoms with van der Waals surface area (Å²) >= 11 is 0. The number of aromatic nitrogens is 1.